The molecule has 21 heavy (non-hydrogen) atoms. The minimum absolute atomic E-state index is 0.00192. The van der Waals surface area contributed by atoms with Crippen molar-refractivity contribution in [1.29, 1.82) is 0 Å². The molecule has 0 saturated heterocycles. The molecule has 0 fully saturated rings. The number of terminal acetylenes is 1. The van der Waals surface area contributed by atoms with E-state index >= 15 is 0 Å². The van der Waals surface area contributed by atoms with Crippen molar-refractivity contribution < 1.29 is 4.79 Å². The highest BCUT2D eigenvalue weighted by atomic mass is 16.2. The second-order valence-electron chi connectivity index (χ2n) is 6.56. The van der Waals surface area contributed by atoms with Crippen LogP contribution in [0.1, 0.15) is 53.9 Å². The van der Waals surface area contributed by atoms with Gasteiger partial charge in [-0.05, 0) is 37.8 Å². The molecule has 1 amide bonds. The third-order valence-corrected chi connectivity index (χ3v) is 3.97. The highest BCUT2D eigenvalue weighted by Gasteiger charge is 2.27. The first-order valence-electron chi connectivity index (χ1n) is 7.99. The van der Waals surface area contributed by atoms with Crippen LogP contribution in [-0.2, 0) is 4.79 Å². The summed E-state index contributed by atoms with van der Waals surface area (Å²) in [6.45, 7) is 13.0. The fourth-order valence-corrected chi connectivity index (χ4v) is 2.38. The molecule has 0 radical (unpaired) electrons. The van der Waals surface area contributed by atoms with E-state index < -0.39 is 5.54 Å². The van der Waals surface area contributed by atoms with E-state index in [-0.39, 0.29) is 11.3 Å². The molecule has 0 aromatic rings. The maximum Gasteiger partial charge on any atom is 0.235 e. The molecule has 0 atom stereocenters. The first-order chi connectivity index (χ1) is 9.78. The SMILES string of the molecule is C#CC(CC)(CC)NC(=O)CN(CCC)CC(C)(C)CN. The molecule has 122 valence electrons. The molecule has 0 heterocycles. The molecule has 0 spiro atoms. The topological polar surface area (TPSA) is 58.4 Å². The standard InChI is InChI=1S/C17H33N3O/c1-7-11-20(14-16(5,6)13-18)12-15(21)19-17(8-2,9-3)10-4/h2H,7,9-14,18H2,1,3-6H3,(H,19,21). The summed E-state index contributed by atoms with van der Waals surface area (Å²) < 4.78 is 0. The Labute approximate surface area is 130 Å². The molecular formula is C17H33N3O. The number of nitrogens with two attached hydrogens (primary N) is 1. The van der Waals surface area contributed by atoms with Crippen LogP contribution in [0, 0.1) is 17.8 Å². The van der Waals surface area contributed by atoms with Crippen LogP contribution in [0.5, 0.6) is 0 Å². The fourth-order valence-electron chi connectivity index (χ4n) is 2.38. The summed E-state index contributed by atoms with van der Waals surface area (Å²) >= 11 is 0. The highest BCUT2D eigenvalue weighted by molar-refractivity contribution is 5.79. The molecule has 3 N–H and O–H groups in total. The second-order valence-corrected chi connectivity index (χ2v) is 6.56. The molecule has 0 aliphatic rings. The lowest BCUT2D eigenvalue weighted by Crippen LogP contribution is -2.51. The van der Waals surface area contributed by atoms with Crippen molar-refractivity contribution in [2.75, 3.05) is 26.2 Å². The molecule has 0 aliphatic carbocycles. The maximum atomic E-state index is 12.3. The minimum Gasteiger partial charge on any atom is -0.339 e. The number of hydrogen-bond donors (Lipinski definition) is 2. The zero-order chi connectivity index (χ0) is 16.5. The zero-order valence-electron chi connectivity index (χ0n) is 14.5. The van der Waals surface area contributed by atoms with E-state index in [9.17, 15) is 4.79 Å². The molecule has 4 nitrogen and oxygen atoms in total. The van der Waals surface area contributed by atoms with Gasteiger partial charge in [-0.1, -0.05) is 40.5 Å². The van der Waals surface area contributed by atoms with Crippen LogP contribution in [0.4, 0.5) is 0 Å². The van der Waals surface area contributed by atoms with Gasteiger partial charge in [0, 0.05) is 6.54 Å². The Bertz CT molecular complexity index is 354. The van der Waals surface area contributed by atoms with Gasteiger partial charge in [-0.3, -0.25) is 9.69 Å². The van der Waals surface area contributed by atoms with E-state index in [0.29, 0.717) is 13.1 Å². The van der Waals surface area contributed by atoms with Crippen molar-refractivity contribution in [2.45, 2.75) is 59.4 Å². The van der Waals surface area contributed by atoms with Gasteiger partial charge in [0.15, 0.2) is 0 Å². The molecule has 0 bridgehead atoms. The molecule has 0 saturated carbocycles. The van der Waals surface area contributed by atoms with Crippen molar-refractivity contribution in [1.82, 2.24) is 10.2 Å². The van der Waals surface area contributed by atoms with E-state index in [2.05, 4.69) is 36.9 Å². The summed E-state index contributed by atoms with van der Waals surface area (Å²) in [6, 6.07) is 0. The van der Waals surface area contributed by atoms with Crippen LogP contribution in [0.3, 0.4) is 0 Å². The van der Waals surface area contributed by atoms with Crippen LogP contribution >= 0.6 is 0 Å². The van der Waals surface area contributed by atoms with E-state index in [0.717, 1.165) is 32.4 Å². The quantitative estimate of drug-likeness (QED) is 0.606. The van der Waals surface area contributed by atoms with Gasteiger partial charge in [0.05, 0.1) is 6.54 Å². The van der Waals surface area contributed by atoms with Gasteiger partial charge in [-0.25, -0.2) is 0 Å². The summed E-state index contributed by atoms with van der Waals surface area (Å²) in [5, 5.41) is 3.02. The van der Waals surface area contributed by atoms with Gasteiger partial charge in [0.1, 0.15) is 5.54 Å². The Hall–Kier alpha value is -1.05. The maximum absolute atomic E-state index is 12.3. The number of nitrogens with one attached hydrogen (secondary N) is 1. The molecular weight excluding hydrogens is 262 g/mol. The minimum atomic E-state index is -0.516. The number of nitrogens with zero attached hydrogens (tertiary/aromatic N) is 1. The summed E-state index contributed by atoms with van der Waals surface area (Å²) in [5.74, 6) is 2.74. The third-order valence-electron chi connectivity index (χ3n) is 3.97. The molecule has 0 aromatic heterocycles. The third kappa shape index (κ3) is 6.97. The van der Waals surface area contributed by atoms with Gasteiger partial charge < -0.3 is 11.1 Å². The lowest BCUT2D eigenvalue weighted by atomic mass is 9.92. The van der Waals surface area contributed by atoms with Crippen LogP contribution in [0.15, 0.2) is 0 Å². The van der Waals surface area contributed by atoms with Gasteiger partial charge >= 0.3 is 0 Å². The monoisotopic (exact) mass is 295 g/mol. The van der Waals surface area contributed by atoms with Gasteiger partial charge in [0.2, 0.25) is 5.91 Å². The fraction of sp³-hybridized carbons (Fsp3) is 0.824. The smallest absolute Gasteiger partial charge is 0.235 e. The first-order valence-corrected chi connectivity index (χ1v) is 7.99. The Balaban J connectivity index is 4.72. The Kier molecular flexibility index (Phi) is 8.61. The van der Waals surface area contributed by atoms with E-state index in [1.54, 1.807) is 0 Å². The number of carbonyl (C=O) groups is 1. The lowest BCUT2D eigenvalue weighted by Gasteiger charge is -2.33. The molecule has 0 aliphatic heterocycles. The van der Waals surface area contributed by atoms with Crippen molar-refractivity contribution in [3.63, 3.8) is 0 Å². The largest absolute Gasteiger partial charge is 0.339 e. The zero-order valence-corrected chi connectivity index (χ0v) is 14.5. The number of carbonyl (C=O) groups excluding carboxylic acids is 1. The summed E-state index contributed by atoms with van der Waals surface area (Å²) in [6.07, 6.45) is 8.09. The van der Waals surface area contributed by atoms with Gasteiger partial charge in [-0.15, -0.1) is 6.42 Å². The average molecular weight is 295 g/mol. The van der Waals surface area contributed by atoms with Crippen LogP contribution in [0.25, 0.3) is 0 Å². The number of rotatable bonds is 10. The van der Waals surface area contributed by atoms with Crippen LogP contribution in [-0.4, -0.2) is 42.5 Å². The normalized spacial score (nSPS) is 12.3. The van der Waals surface area contributed by atoms with Crippen molar-refractivity contribution in [3.8, 4) is 12.3 Å². The first kappa shape index (κ1) is 19.9. The van der Waals surface area contributed by atoms with E-state index in [1.165, 1.54) is 0 Å². The highest BCUT2D eigenvalue weighted by Crippen LogP contribution is 2.16. The lowest BCUT2D eigenvalue weighted by molar-refractivity contribution is -0.124. The summed E-state index contributed by atoms with van der Waals surface area (Å²) in [7, 11) is 0. The number of hydrogen-bond acceptors (Lipinski definition) is 3. The van der Waals surface area contributed by atoms with Crippen molar-refractivity contribution in [3.05, 3.63) is 0 Å². The van der Waals surface area contributed by atoms with Gasteiger partial charge in [0.25, 0.3) is 0 Å². The summed E-state index contributed by atoms with van der Waals surface area (Å²) in [5.41, 5.74) is 5.29. The van der Waals surface area contributed by atoms with Crippen molar-refractivity contribution >= 4 is 5.91 Å². The summed E-state index contributed by atoms with van der Waals surface area (Å²) in [4.78, 5) is 14.5. The Morgan fingerprint density at radius 2 is 1.86 bits per heavy atom. The molecule has 0 aromatic carbocycles. The van der Waals surface area contributed by atoms with Crippen molar-refractivity contribution in [2.24, 2.45) is 11.1 Å². The molecule has 0 rings (SSSR count). The van der Waals surface area contributed by atoms with Crippen LogP contribution in [0.2, 0.25) is 0 Å². The molecule has 4 heteroatoms. The Morgan fingerprint density at radius 1 is 1.29 bits per heavy atom. The van der Waals surface area contributed by atoms with Gasteiger partial charge in [-0.2, -0.15) is 0 Å². The predicted octanol–water partition coefficient (Wildman–Crippen LogP) is 1.99. The second kappa shape index (κ2) is 9.07. The average Bonchev–Trinajstić information content (AvgIpc) is 2.44. The number of amides is 1. The van der Waals surface area contributed by atoms with E-state index in [4.69, 9.17) is 12.2 Å². The van der Waals surface area contributed by atoms with Crippen LogP contribution < -0.4 is 11.1 Å². The molecule has 0 unspecified atom stereocenters. The van der Waals surface area contributed by atoms with E-state index in [1.807, 2.05) is 13.8 Å². The Morgan fingerprint density at radius 3 is 2.24 bits per heavy atom. The predicted molar refractivity (Wildman–Crippen MR) is 89.9 cm³/mol.